The minimum absolute atomic E-state index is 0.153. The molecule has 8 nitrogen and oxygen atoms in total. The molecular weight excluding hydrogens is 509 g/mol. The number of H-pyrrole nitrogens is 1. The molecule has 0 amide bonds. The van der Waals surface area contributed by atoms with Crippen LogP contribution in [-0.4, -0.2) is 72.1 Å². The van der Waals surface area contributed by atoms with E-state index in [1.54, 1.807) is 19.2 Å². The zero-order valence-corrected chi connectivity index (χ0v) is 22.9. The third kappa shape index (κ3) is 4.42. The molecule has 5 rings (SSSR count). The van der Waals surface area contributed by atoms with Crippen molar-refractivity contribution in [3.63, 3.8) is 0 Å². The predicted molar refractivity (Wildman–Crippen MR) is 143 cm³/mol. The number of ether oxygens (including phenoxy) is 1. The van der Waals surface area contributed by atoms with Crippen LogP contribution in [-0.2, 0) is 20.2 Å². The quantitative estimate of drug-likeness (QED) is 0.481. The van der Waals surface area contributed by atoms with E-state index >= 15 is 4.39 Å². The lowest BCUT2D eigenvalue weighted by Gasteiger charge is -2.51. The second kappa shape index (κ2) is 9.73. The highest BCUT2D eigenvalue weighted by atomic mass is 32.2. The molecule has 10 heteroatoms. The number of aromatic nitrogens is 2. The van der Waals surface area contributed by atoms with Crippen molar-refractivity contribution in [1.82, 2.24) is 14.9 Å². The summed E-state index contributed by atoms with van der Waals surface area (Å²) in [6.07, 6.45) is 4.32. The zero-order valence-electron chi connectivity index (χ0n) is 22.1. The maximum atomic E-state index is 16.0. The highest BCUT2D eigenvalue weighted by molar-refractivity contribution is 7.91. The van der Waals surface area contributed by atoms with Gasteiger partial charge in [-0.25, -0.2) is 22.6 Å². The number of likely N-dealkylation sites (tertiary alicyclic amines) is 1. The van der Waals surface area contributed by atoms with Crippen molar-refractivity contribution in [1.29, 1.82) is 0 Å². The maximum absolute atomic E-state index is 16.0. The fourth-order valence-electron chi connectivity index (χ4n) is 6.55. The van der Waals surface area contributed by atoms with Gasteiger partial charge in [0.1, 0.15) is 26.9 Å². The Morgan fingerprint density at radius 2 is 1.87 bits per heavy atom. The van der Waals surface area contributed by atoms with Crippen LogP contribution < -0.4 is 0 Å². The van der Waals surface area contributed by atoms with Gasteiger partial charge in [-0.2, -0.15) is 0 Å². The second-order valence-electron chi connectivity index (χ2n) is 10.9. The minimum Gasteiger partial charge on any atom is -0.465 e. The molecule has 4 heterocycles. The lowest BCUT2D eigenvalue weighted by atomic mass is 9.68. The second-order valence-corrected chi connectivity index (χ2v) is 13.2. The number of aliphatic hydroxyl groups is 1. The Bertz CT molecular complexity index is 1450. The molecule has 2 N–H and O–H groups in total. The number of esters is 1. The molecule has 0 bridgehead atoms. The lowest BCUT2D eigenvalue weighted by Crippen LogP contribution is -2.58. The SMILES string of the molecule is COC(=O)c1c[nH]c2nccc(-c3cc(C)c([C@@]4(O)[C@H](C)CN(C5CCS(=O)(=O)CC5)C[C@@H]4C)c(F)c3)c12. The van der Waals surface area contributed by atoms with Crippen molar-refractivity contribution in [2.45, 2.75) is 45.3 Å². The Balaban J connectivity index is 1.49. The molecule has 1 aromatic carbocycles. The van der Waals surface area contributed by atoms with Crippen molar-refractivity contribution in [2.75, 3.05) is 31.7 Å². The highest BCUT2D eigenvalue weighted by Crippen LogP contribution is 2.46. The number of nitrogens with zero attached hydrogens (tertiary/aromatic N) is 2. The van der Waals surface area contributed by atoms with Gasteiger partial charge in [-0.05, 0) is 48.6 Å². The number of fused-ring (bicyclic) bond motifs is 1. The number of halogens is 1. The molecular formula is C28H34FN3O5S. The summed E-state index contributed by atoms with van der Waals surface area (Å²) in [7, 11) is -1.66. The Morgan fingerprint density at radius 1 is 1.21 bits per heavy atom. The Hall–Kier alpha value is -2.82. The normalized spacial score (nSPS) is 26.5. The number of rotatable bonds is 4. The van der Waals surface area contributed by atoms with E-state index in [4.69, 9.17) is 4.74 Å². The van der Waals surface area contributed by atoms with E-state index in [0.29, 0.717) is 64.8 Å². The molecule has 3 atom stereocenters. The molecule has 2 aliphatic heterocycles. The number of methoxy groups -OCH3 is 1. The van der Waals surface area contributed by atoms with Gasteiger partial charge in [0.25, 0.3) is 0 Å². The largest absolute Gasteiger partial charge is 0.465 e. The number of pyridine rings is 1. The Labute approximate surface area is 222 Å². The number of hydrogen-bond donors (Lipinski definition) is 2. The van der Waals surface area contributed by atoms with Gasteiger partial charge in [0, 0.05) is 54.3 Å². The highest BCUT2D eigenvalue weighted by Gasteiger charge is 2.49. The van der Waals surface area contributed by atoms with Gasteiger partial charge in [-0.3, -0.25) is 4.90 Å². The van der Waals surface area contributed by atoms with Gasteiger partial charge in [0.2, 0.25) is 0 Å². The van der Waals surface area contributed by atoms with Crippen LogP contribution in [0.5, 0.6) is 0 Å². The molecule has 2 aliphatic rings. The van der Waals surface area contributed by atoms with Gasteiger partial charge < -0.3 is 14.8 Å². The molecule has 204 valence electrons. The molecule has 0 saturated carbocycles. The van der Waals surface area contributed by atoms with Crippen molar-refractivity contribution >= 4 is 26.8 Å². The molecule has 0 radical (unpaired) electrons. The molecule has 2 fully saturated rings. The number of carbonyl (C=O) groups excluding carboxylic acids is 1. The number of benzene rings is 1. The van der Waals surface area contributed by atoms with Crippen LogP contribution in [0.1, 0.15) is 48.2 Å². The Morgan fingerprint density at radius 3 is 2.47 bits per heavy atom. The standard InChI is InChI=1S/C28H34FN3O5S/c1-16-11-19(21-5-8-30-26-24(21)22(13-31-26)27(33)37-4)12-23(29)25(16)28(34)17(2)14-32(15-18(28)3)20-6-9-38(35,36)10-7-20/h5,8,11-13,17-18,20,34H,6-7,9-10,14-15H2,1-4H3,(H,30,31)/t17-,18+,28-. The molecule has 3 aromatic rings. The van der Waals surface area contributed by atoms with Crippen molar-refractivity contribution < 1.29 is 27.4 Å². The van der Waals surface area contributed by atoms with Crippen molar-refractivity contribution in [2.24, 2.45) is 11.8 Å². The van der Waals surface area contributed by atoms with Crippen LogP contribution in [0.25, 0.3) is 22.2 Å². The van der Waals surface area contributed by atoms with Gasteiger partial charge in [-0.15, -0.1) is 0 Å². The van der Waals surface area contributed by atoms with Crippen LogP contribution >= 0.6 is 0 Å². The van der Waals surface area contributed by atoms with E-state index in [0.717, 1.165) is 0 Å². The summed E-state index contributed by atoms with van der Waals surface area (Å²) in [6.45, 7) is 6.79. The molecule has 0 aliphatic carbocycles. The van der Waals surface area contributed by atoms with Crippen LogP contribution in [0.4, 0.5) is 4.39 Å². The summed E-state index contributed by atoms with van der Waals surface area (Å²) >= 11 is 0. The first-order chi connectivity index (χ1) is 18.0. The smallest absolute Gasteiger partial charge is 0.340 e. The third-order valence-corrected chi connectivity index (χ3v) is 10.3. The van der Waals surface area contributed by atoms with Gasteiger partial charge >= 0.3 is 5.97 Å². The number of hydrogen-bond acceptors (Lipinski definition) is 7. The topological polar surface area (TPSA) is 113 Å². The van der Waals surface area contributed by atoms with E-state index < -0.39 is 27.2 Å². The fraction of sp³-hybridized carbons (Fsp3) is 0.500. The number of sulfone groups is 1. The van der Waals surface area contributed by atoms with Crippen LogP contribution in [0, 0.1) is 24.6 Å². The first kappa shape index (κ1) is 26.8. The molecule has 38 heavy (non-hydrogen) atoms. The molecule has 2 saturated heterocycles. The Kier molecular flexibility index (Phi) is 6.86. The summed E-state index contributed by atoms with van der Waals surface area (Å²) in [5.41, 5.74) is 1.55. The number of piperidine rings is 1. The number of nitrogens with one attached hydrogen (secondary N) is 1. The van der Waals surface area contributed by atoms with Gasteiger partial charge in [0.05, 0.1) is 24.2 Å². The average Bonchev–Trinajstić information content (AvgIpc) is 3.30. The zero-order chi connectivity index (χ0) is 27.4. The molecule has 0 spiro atoms. The van der Waals surface area contributed by atoms with E-state index in [1.165, 1.54) is 19.4 Å². The number of aromatic amines is 1. The molecule has 2 aromatic heterocycles. The summed E-state index contributed by atoms with van der Waals surface area (Å²) in [4.78, 5) is 21.9. The molecule has 0 unspecified atom stereocenters. The van der Waals surface area contributed by atoms with Crippen molar-refractivity contribution in [3.8, 4) is 11.1 Å². The minimum atomic E-state index is -2.96. The average molecular weight is 544 g/mol. The monoisotopic (exact) mass is 543 g/mol. The van der Waals surface area contributed by atoms with Crippen LogP contribution in [0.15, 0.2) is 30.6 Å². The van der Waals surface area contributed by atoms with Crippen LogP contribution in [0.3, 0.4) is 0 Å². The maximum Gasteiger partial charge on any atom is 0.340 e. The van der Waals surface area contributed by atoms with Crippen LogP contribution in [0.2, 0.25) is 0 Å². The predicted octanol–water partition coefficient (Wildman–Crippen LogP) is 3.82. The first-order valence-electron chi connectivity index (χ1n) is 13.0. The summed E-state index contributed by atoms with van der Waals surface area (Å²) in [5, 5.41) is 12.6. The van der Waals surface area contributed by atoms with E-state index in [-0.39, 0.29) is 29.4 Å². The summed E-state index contributed by atoms with van der Waals surface area (Å²) in [5.74, 6) is -1.18. The first-order valence-corrected chi connectivity index (χ1v) is 14.8. The fourth-order valence-corrected chi connectivity index (χ4v) is 8.02. The number of aryl methyl sites for hydroxylation is 1. The van der Waals surface area contributed by atoms with E-state index in [2.05, 4.69) is 14.9 Å². The number of carbonyl (C=O) groups is 1. The van der Waals surface area contributed by atoms with Gasteiger partial charge in [-0.1, -0.05) is 19.9 Å². The lowest BCUT2D eigenvalue weighted by molar-refractivity contribution is -0.122. The van der Waals surface area contributed by atoms with E-state index in [9.17, 15) is 18.3 Å². The summed E-state index contributed by atoms with van der Waals surface area (Å²) < 4.78 is 44.7. The van der Waals surface area contributed by atoms with E-state index in [1.807, 2.05) is 19.9 Å². The van der Waals surface area contributed by atoms with Crippen molar-refractivity contribution in [3.05, 3.63) is 53.1 Å². The third-order valence-electron chi connectivity index (χ3n) is 8.54. The summed E-state index contributed by atoms with van der Waals surface area (Å²) in [6, 6.07) is 5.15. The van der Waals surface area contributed by atoms with Gasteiger partial charge in [0.15, 0.2) is 0 Å².